The predicted molar refractivity (Wildman–Crippen MR) is 66.3 cm³/mol. The summed E-state index contributed by atoms with van der Waals surface area (Å²) < 4.78 is 5.27. The molecule has 0 spiro atoms. The molecule has 0 atom stereocenters. The number of hydrogen-bond donors (Lipinski definition) is 0. The first-order valence-corrected chi connectivity index (χ1v) is 5.38. The molecule has 0 saturated heterocycles. The van der Waals surface area contributed by atoms with Crippen molar-refractivity contribution < 1.29 is 4.74 Å². The second-order valence-corrected chi connectivity index (χ2v) is 3.93. The number of nitriles is 1. The van der Waals surface area contributed by atoms with E-state index < -0.39 is 0 Å². The highest BCUT2D eigenvalue weighted by Crippen LogP contribution is 2.29. The zero-order valence-corrected chi connectivity index (χ0v) is 10.2. The van der Waals surface area contributed by atoms with Gasteiger partial charge in [0.2, 0.25) is 0 Å². The zero-order valence-electron chi connectivity index (χ0n) is 10.2. The summed E-state index contributed by atoms with van der Waals surface area (Å²) in [5.41, 5.74) is 2.74. The molecule has 16 heavy (non-hydrogen) atoms. The fourth-order valence-corrected chi connectivity index (χ4v) is 1.58. The summed E-state index contributed by atoms with van der Waals surface area (Å²) in [4.78, 5) is 0. The van der Waals surface area contributed by atoms with E-state index in [1.807, 2.05) is 31.2 Å². The number of hydrogen-bond acceptors (Lipinski definition) is 2. The first kappa shape index (κ1) is 12.3. The molecule has 1 aromatic carbocycles. The molecule has 84 valence electrons. The van der Waals surface area contributed by atoms with Crippen LogP contribution in [-0.4, -0.2) is 7.11 Å². The summed E-state index contributed by atoms with van der Waals surface area (Å²) in [5, 5.41) is 9.06. The van der Waals surface area contributed by atoms with Gasteiger partial charge in [0.15, 0.2) is 0 Å². The molecule has 0 aliphatic heterocycles. The van der Waals surface area contributed by atoms with E-state index >= 15 is 0 Å². The number of nitrogens with zero attached hydrogens (tertiary/aromatic N) is 1. The van der Waals surface area contributed by atoms with Crippen LogP contribution in [0.5, 0.6) is 5.75 Å². The van der Waals surface area contributed by atoms with Gasteiger partial charge in [-0.2, -0.15) is 5.26 Å². The molecule has 0 fully saturated rings. The van der Waals surface area contributed by atoms with Crippen molar-refractivity contribution in [3.8, 4) is 11.8 Å². The molecular formula is C14H17NO. The van der Waals surface area contributed by atoms with E-state index in [0.717, 1.165) is 11.3 Å². The maximum Gasteiger partial charge on any atom is 0.127 e. The molecule has 0 N–H and O–H groups in total. The van der Waals surface area contributed by atoms with Gasteiger partial charge in [-0.15, -0.1) is 0 Å². The van der Waals surface area contributed by atoms with Crippen LogP contribution in [0.25, 0.3) is 5.57 Å². The minimum absolute atomic E-state index is 0.446. The van der Waals surface area contributed by atoms with Gasteiger partial charge in [0.25, 0.3) is 0 Å². The lowest BCUT2D eigenvalue weighted by Gasteiger charge is -2.11. The molecule has 0 amide bonds. The Bertz CT molecular complexity index is 439. The smallest absolute Gasteiger partial charge is 0.127 e. The summed E-state index contributed by atoms with van der Waals surface area (Å²) >= 11 is 0. The Labute approximate surface area is 97.2 Å². The topological polar surface area (TPSA) is 33.0 Å². The lowest BCUT2D eigenvalue weighted by molar-refractivity contribution is 0.413. The Balaban J connectivity index is 3.34. The maximum atomic E-state index is 9.06. The highest BCUT2D eigenvalue weighted by molar-refractivity contribution is 5.80. The van der Waals surface area contributed by atoms with E-state index in [2.05, 4.69) is 19.9 Å². The van der Waals surface area contributed by atoms with Gasteiger partial charge in [-0.3, -0.25) is 0 Å². The number of allylic oxidation sites excluding steroid dienone is 2. The predicted octanol–water partition coefficient (Wildman–Crippen LogP) is 3.75. The highest BCUT2D eigenvalue weighted by Gasteiger charge is 2.10. The average Bonchev–Trinajstić information content (AvgIpc) is 2.30. The van der Waals surface area contributed by atoms with E-state index in [0.29, 0.717) is 11.5 Å². The van der Waals surface area contributed by atoms with Gasteiger partial charge in [-0.05, 0) is 30.5 Å². The molecule has 0 aliphatic carbocycles. The standard InChI is InChI=1S/C14H17NO/c1-5-11(9-15)13-8-12(10(2)3)6-7-14(13)16-4/h5-8,10H,1-4H3/b11-5+. The Morgan fingerprint density at radius 1 is 1.44 bits per heavy atom. The van der Waals surface area contributed by atoms with Gasteiger partial charge in [0.1, 0.15) is 5.75 Å². The third-order valence-corrected chi connectivity index (χ3v) is 2.59. The van der Waals surface area contributed by atoms with Crippen molar-refractivity contribution in [2.24, 2.45) is 0 Å². The second kappa shape index (κ2) is 5.37. The molecule has 0 radical (unpaired) electrons. The first-order chi connectivity index (χ1) is 7.63. The van der Waals surface area contributed by atoms with Gasteiger partial charge < -0.3 is 4.74 Å². The van der Waals surface area contributed by atoms with Crippen LogP contribution in [0.3, 0.4) is 0 Å². The van der Waals surface area contributed by atoms with Crippen molar-refractivity contribution in [3.63, 3.8) is 0 Å². The SMILES string of the molecule is C/C=C(\C#N)c1cc(C(C)C)ccc1OC. The van der Waals surface area contributed by atoms with Crippen molar-refractivity contribution in [3.05, 3.63) is 35.4 Å². The molecule has 0 aliphatic rings. The number of benzene rings is 1. The Morgan fingerprint density at radius 2 is 2.12 bits per heavy atom. The third kappa shape index (κ3) is 2.43. The summed E-state index contributed by atoms with van der Waals surface area (Å²) in [6.07, 6.45) is 1.81. The Morgan fingerprint density at radius 3 is 2.56 bits per heavy atom. The fraction of sp³-hybridized carbons (Fsp3) is 0.357. The van der Waals surface area contributed by atoms with Gasteiger partial charge >= 0.3 is 0 Å². The zero-order chi connectivity index (χ0) is 12.1. The second-order valence-electron chi connectivity index (χ2n) is 3.93. The van der Waals surface area contributed by atoms with E-state index in [1.165, 1.54) is 5.56 Å². The normalized spacial score (nSPS) is 11.4. The number of methoxy groups -OCH3 is 1. The molecular weight excluding hydrogens is 198 g/mol. The summed E-state index contributed by atoms with van der Waals surface area (Å²) in [6.45, 7) is 6.13. The molecule has 0 saturated carbocycles. The van der Waals surface area contributed by atoms with Crippen molar-refractivity contribution in [2.75, 3.05) is 7.11 Å². The van der Waals surface area contributed by atoms with Gasteiger partial charge in [-0.25, -0.2) is 0 Å². The third-order valence-electron chi connectivity index (χ3n) is 2.59. The molecule has 1 aromatic rings. The molecule has 0 aromatic heterocycles. The minimum Gasteiger partial charge on any atom is -0.496 e. The van der Waals surface area contributed by atoms with E-state index in [-0.39, 0.29) is 0 Å². The molecule has 1 rings (SSSR count). The number of rotatable bonds is 3. The largest absolute Gasteiger partial charge is 0.496 e. The van der Waals surface area contributed by atoms with Crippen LogP contribution < -0.4 is 4.74 Å². The van der Waals surface area contributed by atoms with E-state index in [1.54, 1.807) is 7.11 Å². The monoisotopic (exact) mass is 215 g/mol. The van der Waals surface area contributed by atoms with Gasteiger partial charge in [0, 0.05) is 5.56 Å². The first-order valence-electron chi connectivity index (χ1n) is 5.38. The van der Waals surface area contributed by atoms with Gasteiger partial charge in [-0.1, -0.05) is 26.0 Å². The van der Waals surface area contributed by atoms with E-state index in [4.69, 9.17) is 10.00 Å². The van der Waals surface area contributed by atoms with Crippen LogP contribution in [0.1, 0.15) is 37.8 Å². The average molecular weight is 215 g/mol. The van der Waals surface area contributed by atoms with Crippen molar-refractivity contribution >= 4 is 5.57 Å². The molecule has 2 nitrogen and oxygen atoms in total. The van der Waals surface area contributed by atoms with Crippen LogP contribution in [-0.2, 0) is 0 Å². The van der Waals surface area contributed by atoms with Crippen molar-refractivity contribution in [2.45, 2.75) is 26.7 Å². The fourth-order valence-electron chi connectivity index (χ4n) is 1.58. The van der Waals surface area contributed by atoms with Crippen LogP contribution >= 0.6 is 0 Å². The maximum absolute atomic E-state index is 9.06. The molecule has 0 bridgehead atoms. The molecule has 0 heterocycles. The van der Waals surface area contributed by atoms with Crippen LogP contribution in [0.2, 0.25) is 0 Å². The lowest BCUT2D eigenvalue weighted by Crippen LogP contribution is -1.94. The van der Waals surface area contributed by atoms with Crippen LogP contribution in [0.15, 0.2) is 24.3 Å². The minimum atomic E-state index is 0.446. The Kier molecular flexibility index (Phi) is 4.13. The van der Waals surface area contributed by atoms with Crippen LogP contribution in [0.4, 0.5) is 0 Å². The van der Waals surface area contributed by atoms with Crippen molar-refractivity contribution in [1.29, 1.82) is 5.26 Å². The van der Waals surface area contributed by atoms with Crippen LogP contribution in [0, 0.1) is 11.3 Å². The molecule has 2 heteroatoms. The van der Waals surface area contributed by atoms with E-state index in [9.17, 15) is 0 Å². The summed E-state index contributed by atoms with van der Waals surface area (Å²) in [5.74, 6) is 1.19. The van der Waals surface area contributed by atoms with Gasteiger partial charge in [0.05, 0.1) is 18.8 Å². The quantitative estimate of drug-likeness (QED) is 0.719. The highest BCUT2D eigenvalue weighted by atomic mass is 16.5. The lowest BCUT2D eigenvalue weighted by atomic mass is 9.97. The Hall–Kier alpha value is -1.75. The summed E-state index contributed by atoms with van der Waals surface area (Å²) in [7, 11) is 1.62. The summed E-state index contributed by atoms with van der Waals surface area (Å²) in [6, 6.07) is 8.18. The van der Waals surface area contributed by atoms with Crippen molar-refractivity contribution in [1.82, 2.24) is 0 Å². The molecule has 0 unspecified atom stereocenters. The number of ether oxygens (including phenoxy) is 1.